The lowest BCUT2D eigenvalue weighted by Crippen LogP contribution is -2.46. The van der Waals surface area contributed by atoms with Gasteiger partial charge in [0.1, 0.15) is 5.75 Å². The molecular formula is C23H21NO4. The van der Waals surface area contributed by atoms with Gasteiger partial charge in [0.05, 0.1) is 18.5 Å². The summed E-state index contributed by atoms with van der Waals surface area (Å²) < 4.78 is 7.15. The van der Waals surface area contributed by atoms with Crippen LogP contribution in [0, 0.1) is 0 Å². The highest BCUT2D eigenvalue weighted by Crippen LogP contribution is 2.28. The predicted molar refractivity (Wildman–Crippen MR) is 102 cm³/mol. The monoisotopic (exact) mass is 375 g/mol. The van der Waals surface area contributed by atoms with E-state index in [1.807, 2.05) is 22.8 Å². The first kappa shape index (κ1) is 18.2. The van der Waals surface area contributed by atoms with Gasteiger partial charge >= 0.3 is 0 Å². The van der Waals surface area contributed by atoms with E-state index in [1.54, 1.807) is 37.4 Å². The molecule has 28 heavy (non-hydrogen) atoms. The quantitative estimate of drug-likeness (QED) is 0.507. The highest BCUT2D eigenvalue weighted by atomic mass is 16.5. The van der Waals surface area contributed by atoms with E-state index < -0.39 is 5.97 Å². The fourth-order valence-electron chi connectivity index (χ4n) is 4.11. The fraction of sp³-hybridized carbons (Fsp3) is 0.261. The summed E-state index contributed by atoms with van der Waals surface area (Å²) in [4.78, 5) is 24.9. The van der Waals surface area contributed by atoms with Crippen molar-refractivity contribution in [1.82, 2.24) is 0 Å². The maximum atomic E-state index is 13.0. The van der Waals surface area contributed by atoms with Gasteiger partial charge in [-0.1, -0.05) is 12.1 Å². The molecule has 0 saturated heterocycles. The van der Waals surface area contributed by atoms with E-state index in [9.17, 15) is 14.7 Å². The number of carboxylic acids is 1. The summed E-state index contributed by atoms with van der Waals surface area (Å²) >= 11 is 0. The number of aromatic carboxylic acids is 1. The van der Waals surface area contributed by atoms with E-state index in [0.717, 1.165) is 36.0 Å². The molecular weight excluding hydrogens is 354 g/mol. The lowest BCUT2D eigenvalue weighted by molar-refractivity contribution is -0.665. The summed E-state index contributed by atoms with van der Waals surface area (Å²) in [5.41, 5.74) is 3.38. The van der Waals surface area contributed by atoms with Gasteiger partial charge in [0, 0.05) is 29.2 Å². The average Bonchev–Trinajstić information content (AvgIpc) is 2.73. The Morgan fingerprint density at radius 3 is 2.46 bits per heavy atom. The Balaban J connectivity index is 1.85. The van der Waals surface area contributed by atoms with Crippen LogP contribution in [0.4, 0.5) is 0 Å². The minimum atomic E-state index is -1.15. The molecule has 0 radical (unpaired) electrons. The van der Waals surface area contributed by atoms with Crippen molar-refractivity contribution in [2.24, 2.45) is 0 Å². The standard InChI is InChI=1S/C23H21NO4/c1-28-16-12-10-15(11-13-16)21(25)14-24-19-8-4-2-6-17(19)22(23(26)27)18-7-3-5-9-20(18)24/h2,4,6,8,10-13H,3,5,7,9,14H2,1H3. The number of nitrogens with zero attached hydrogens (tertiary/aromatic N) is 1. The first-order valence-electron chi connectivity index (χ1n) is 9.45. The topological polar surface area (TPSA) is 70.3 Å². The molecule has 1 aliphatic carbocycles. The van der Waals surface area contributed by atoms with Crippen molar-refractivity contribution in [2.45, 2.75) is 32.2 Å². The number of carbonyl (C=O) groups excluding carboxylic acids is 2. The number of carboxylic acid groups (broad SMARTS) is 1. The van der Waals surface area contributed by atoms with Crippen molar-refractivity contribution in [3.8, 4) is 5.75 Å². The summed E-state index contributed by atoms with van der Waals surface area (Å²) in [6, 6.07) is 14.4. The third-order valence-corrected chi connectivity index (χ3v) is 5.45. The Morgan fingerprint density at radius 2 is 1.75 bits per heavy atom. The summed E-state index contributed by atoms with van der Waals surface area (Å²) in [6.45, 7) is 0.169. The molecule has 0 bridgehead atoms. The van der Waals surface area contributed by atoms with Crippen molar-refractivity contribution >= 4 is 22.7 Å². The van der Waals surface area contributed by atoms with Crippen molar-refractivity contribution in [1.29, 1.82) is 0 Å². The maximum absolute atomic E-state index is 13.0. The molecule has 0 amide bonds. The zero-order chi connectivity index (χ0) is 19.7. The summed E-state index contributed by atoms with van der Waals surface area (Å²) in [5.74, 6) is -0.472. The third kappa shape index (κ3) is 3.13. The zero-order valence-electron chi connectivity index (χ0n) is 15.7. The Labute approximate surface area is 163 Å². The van der Waals surface area contributed by atoms with Gasteiger partial charge in [0.15, 0.2) is 5.69 Å². The Morgan fingerprint density at radius 1 is 1.04 bits per heavy atom. The largest absolute Gasteiger partial charge is 0.545 e. The van der Waals surface area contributed by atoms with Gasteiger partial charge < -0.3 is 14.6 Å². The van der Waals surface area contributed by atoms with Gasteiger partial charge in [-0.3, -0.25) is 4.79 Å². The Hall–Kier alpha value is -3.21. The van der Waals surface area contributed by atoms with Gasteiger partial charge in [-0.15, -0.1) is 0 Å². The second-order valence-corrected chi connectivity index (χ2v) is 7.05. The van der Waals surface area contributed by atoms with Crippen molar-refractivity contribution < 1.29 is 24.0 Å². The molecule has 0 aliphatic heterocycles. The molecule has 142 valence electrons. The number of methoxy groups -OCH3 is 1. The molecule has 0 unspecified atom stereocenters. The van der Waals surface area contributed by atoms with Crippen LogP contribution in [0.25, 0.3) is 10.9 Å². The second-order valence-electron chi connectivity index (χ2n) is 7.05. The molecule has 0 N–H and O–H groups in total. The first-order chi connectivity index (χ1) is 13.6. The number of rotatable bonds is 5. The predicted octanol–water partition coefficient (Wildman–Crippen LogP) is 2.26. The van der Waals surface area contributed by atoms with Gasteiger partial charge in [-0.2, -0.15) is 4.57 Å². The van der Waals surface area contributed by atoms with E-state index in [0.29, 0.717) is 23.1 Å². The van der Waals surface area contributed by atoms with Gasteiger partial charge in [0.25, 0.3) is 0 Å². The van der Waals surface area contributed by atoms with E-state index >= 15 is 0 Å². The molecule has 1 heterocycles. The molecule has 0 fully saturated rings. The highest BCUT2D eigenvalue weighted by Gasteiger charge is 2.29. The van der Waals surface area contributed by atoms with Gasteiger partial charge in [0.2, 0.25) is 17.8 Å². The minimum absolute atomic E-state index is 0.0215. The summed E-state index contributed by atoms with van der Waals surface area (Å²) in [6.07, 6.45) is 3.38. The Kier molecular flexibility index (Phi) is 4.82. The van der Waals surface area contributed by atoms with Crippen LogP contribution in [-0.4, -0.2) is 18.9 Å². The number of ether oxygens (including phenoxy) is 1. The summed E-state index contributed by atoms with van der Waals surface area (Å²) in [7, 11) is 1.59. The van der Waals surface area contributed by atoms with Crippen LogP contribution in [0.3, 0.4) is 0 Å². The van der Waals surface area contributed by atoms with Crippen molar-refractivity contribution in [2.75, 3.05) is 7.11 Å². The molecule has 0 atom stereocenters. The molecule has 1 aliphatic rings. The smallest absolute Gasteiger partial charge is 0.227 e. The number of hydrogen-bond donors (Lipinski definition) is 0. The molecule has 0 spiro atoms. The fourth-order valence-corrected chi connectivity index (χ4v) is 4.11. The van der Waals surface area contributed by atoms with Crippen LogP contribution in [0.15, 0.2) is 48.5 Å². The van der Waals surface area contributed by atoms with Crippen LogP contribution >= 0.6 is 0 Å². The lowest BCUT2D eigenvalue weighted by Gasteiger charge is -2.21. The maximum Gasteiger partial charge on any atom is 0.227 e. The number of ketones is 1. The molecule has 2 aromatic carbocycles. The van der Waals surface area contributed by atoms with Crippen LogP contribution in [-0.2, 0) is 19.4 Å². The first-order valence-corrected chi connectivity index (χ1v) is 9.45. The highest BCUT2D eigenvalue weighted by molar-refractivity contribution is 6.02. The number of para-hydroxylation sites is 1. The van der Waals surface area contributed by atoms with E-state index in [-0.39, 0.29) is 17.9 Å². The van der Waals surface area contributed by atoms with Crippen molar-refractivity contribution in [3.05, 3.63) is 70.9 Å². The van der Waals surface area contributed by atoms with Crippen molar-refractivity contribution in [3.63, 3.8) is 0 Å². The van der Waals surface area contributed by atoms with Crippen LogP contribution in [0.1, 0.15) is 44.8 Å². The molecule has 5 nitrogen and oxygen atoms in total. The van der Waals surface area contributed by atoms with E-state index in [1.165, 1.54) is 0 Å². The number of carbonyl (C=O) groups is 2. The molecule has 4 rings (SSSR count). The third-order valence-electron chi connectivity index (χ3n) is 5.45. The number of benzene rings is 2. The lowest BCUT2D eigenvalue weighted by atomic mass is 9.89. The summed E-state index contributed by atoms with van der Waals surface area (Å²) in [5, 5.41) is 12.5. The molecule has 5 heteroatoms. The SMILES string of the molecule is COc1ccc(C(=O)C[n+]2c3c(c(C(=O)[O-])c4ccccc42)CCCC3)cc1. The van der Waals surface area contributed by atoms with Gasteiger partial charge in [-0.05, 0) is 49.6 Å². The number of aromatic nitrogens is 1. The molecule has 3 aromatic rings. The Bertz CT molecular complexity index is 1070. The number of fused-ring (bicyclic) bond motifs is 2. The number of hydrogen-bond acceptors (Lipinski definition) is 4. The normalized spacial score (nSPS) is 13.2. The van der Waals surface area contributed by atoms with Gasteiger partial charge in [-0.25, -0.2) is 0 Å². The number of Topliss-reactive ketones (excluding diaryl/α,β-unsaturated/α-hetero) is 1. The average molecular weight is 375 g/mol. The molecule has 1 aromatic heterocycles. The zero-order valence-corrected chi connectivity index (χ0v) is 15.7. The van der Waals surface area contributed by atoms with Crippen LogP contribution < -0.4 is 14.4 Å². The number of pyridine rings is 1. The van der Waals surface area contributed by atoms with Crippen LogP contribution in [0.2, 0.25) is 0 Å². The van der Waals surface area contributed by atoms with E-state index in [4.69, 9.17) is 4.74 Å². The molecule has 0 saturated carbocycles. The van der Waals surface area contributed by atoms with E-state index in [2.05, 4.69) is 0 Å². The minimum Gasteiger partial charge on any atom is -0.545 e. The second kappa shape index (κ2) is 7.43. The van der Waals surface area contributed by atoms with Crippen LogP contribution in [0.5, 0.6) is 5.75 Å².